The average molecular weight is 526 g/mol. The first-order valence-electron chi connectivity index (χ1n) is 9.23. The Bertz CT molecular complexity index is 1540. The number of benzene rings is 3. The van der Waals surface area contributed by atoms with Gasteiger partial charge in [-0.3, -0.25) is 4.79 Å². The topological polar surface area (TPSA) is 101 Å². The summed E-state index contributed by atoms with van der Waals surface area (Å²) in [7, 11) is 0. The van der Waals surface area contributed by atoms with Crippen molar-refractivity contribution in [3.8, 4) is 0 Å². The van der Waals surface area contributed by atoms with Crippen LogP contribution >= 0.6 is 0 Å². The number of carbonyl (C=O) groups is 1. The lowest BCUT2D eigenvalue weighted by atomic mass is 10.1. The third-order valence-electron chi connectivity index (χ3n) is 4.34. The van der Waals surface area contributed by atoms with Gasteiger partial charge in [-0.05, 0) is 49.4 Å². The van der Waals surface area contributed by atoms with Crippen LogP contribution in [0, 0.1) is 7.14 Å². The van der Waals surface area contributed by atoms with E-state index in [9.17, 15) is 9.59 Å². The zero-order chi connectivity index (χ0) is 22.0. The quantitative estimate of drug-likeness (QED) is 0.182. The predicted molar refractivity (Wildman–Crippen MR) is 111 cm³/mol. The van der Waals surface area contributed by atoms with E-state index in [0.717, 1.165) is 19.5 Å². The van der Waals surface area contributed by atoms with E-state index >= 15 is 0 Å². The van der Waals surface area contributed by atoms with Crippen LogP contribution in [0.5, 0.6) is 0 Å². The van der Waals surface area contributed by atoms with E-state index in [1.165, 1.54) is 6.07 Å². The van der Waals surface area contributed by atoms with Crippen LogP contribution in [-0.4, -0.2) is 5.97 Å². The van der Waals surface area contributed by atoms with Gasteiger partial charge < -0.3 is 18.7 Å². The van der Waals surface area contributed by atoms with Gasteiger partial charge in [-0.1, -0.05) is 12.1 Å². The van der Waals surface area contributed by atoms with E-state index in [2.05, 4.69) is 0 Å². The molecule has 2 aromatic heterocycles. The van der Waals surface area contributed by atoms with Gasteiger partial charge in [-0.15, -0.1) is 0 Å². The van der Waals surface area contributed by atoms with Crippen molar-refractivity contribution in [2.75, 3.05) is 0 Å². The van der Waals surface area contributed by atoms with E-state index < -0.39 is 27.2 Å². The Kier molecular flexibility index (Phi) is 5.85. The third-order valence-corrected chi connectivity index (χ3v) is 6.93. The molecular weight excluding hydrogens is 511 g/mol. The molecule has 7 heteroatoms. The molecule has 0 aliphatic rings. The fourth-order valence-electron chi connectivity index (χ4n) is 3.05. The van der Waals surface area contributed by atoms with Gasteiger partial charge in [-0.25, -0.2) is 4.79 Å². The van der Waals surface area contributed by atoms with E-state index in [-0.39, 0.29) is 11.1 Å². The van der Waals surface area contributed by atoms with Gasteiger partial charge in [0.05, 0.1) is 10.8 Å². The second kappa shape index (κ2) is 8.73. The molecule has 3 aromatic carbocycles. The highest BCUT2D eigenvalue weighted by molar-refractivity contribution is 5.89. The molecule has 0 amide bonds. The van der Waals surface area contributed by atoms with Gasteiger partial charge in [0.25, 0.3) is 0 Å². The van der Waals surface area contributed by atoms with E-state index in [1.54, 1.807) is 18.2 Å². The van der Waals surface area contributed by atoms with Crippen LogP contribution in [-0.2, 0) is 4.79 Å². The first-order valence-corrected chi connectivity index (χ1v) is 11.4. The molecule has 0 spiro atoms. The lowest BCUT2D eigenvalue weighted by Crippen LogP contribution is -3.61. The highest BCUT2D eigenvalue weighted by atomic mass is 127. The zero-order valence-corrected chi connectivity index (χ0v) is 18.4. The molecule has 0 aliphatic heterocycles. The Morgan fingerprint density at radius 3 is 2.23 bits per heavy atom. The number of hydrogen-bond acceptors (Lipinski definition) is 6. The summed E-state index contributed by atoms with van der Waals surface area (Å²) in [5.41, 5.74) is 1.42. The summed E-state index contributed by atoms with van der Waals surface area (Å²) < 4.78 is 13.4. The number of para-hydroxylation sites is 1. The minimum absolute atomic E-state index is 0.0118. The van der Waals surface area contributed by atoms with Crippen LogP contribution in [0.15, 0.2) is 91.2 Å². The number of halogens is 1. The number of fused-ring (bicyclic) bond motifs is 3. The summed E-state index contributed by atoms with van der Waals surface area (Å²) in [6.45, 7) is 0.972. The zero-order valence-electron chi connectivity index (χ0n) is 16.3. The van der Waals surface area contributed by atoms with Crippen LogP contribution in [0.4, 0.5) is 0 Å². The SMILES string of the molecule is CC(=O)[O-].O=c1ccc2ccc([I+]c3ccc4oc5ccccc5c(=O)c4c3)cc2o1. The fourth-order valence-corrected chi connectivity index (χ4v) is 5.40. The summed E-state index contributed by atoms with van der Waals surface area (Å²) in [5, 5.41) is 11.0. The molecule has 5 aromatic rings. The Hall–Kier alpha value is -3.46. The maximum absolute atomic E-state index is 12.8. The lowest BCUT2D eigenvalue weighted by Gasteiger charge is -2.00. The van der Waals surface area contributed by atoms with Crippen LogP contribution in [0.25, 0.3) is 32.9 Å². The van der Waals surface area contributed by atoms with Crippen LogP contribution in [0.2, 0.25) is 0 Å². The molecule has 0 fully saturated rings. The Balaban J connectivity index is 0.000000535. The monoisotopic (exact) mass is 526 g/mol. The van der Waals surface area contributed by atoms with Crippen LogP contribution < -0.4 is 37.4 Å². The van der Waals surface area contributed by atoms with Crippen molar-refractivity contribution >= 4 is 38.9 Å². The minimum Gasteiger partial charge on any atom is -0.550 e. The second-order valence-electron chi connectivity index (χ2n) is 6.59. The molecule has 0 saturated carbocycles. The van der Waals surface area contributed by atoms with Gasteiger partial charge in [0.1, 0.15) is 16.7 Å². The first kappa shape index (κ1) is 20.8. The van der Waals surface area contributed by atoms with Crippen molar-refractivity contribution in [2.45, 2.75) is 6.92 Å². The molecule has 6 nitrogen and oxygen atoms in total. The van der Waals surface area contributed by atoms with Crippen LogP contribution in [0.3, 0.4) is 0 Å². The molecule has 0 saturated heterocycles. The normalized spacial score (nSPS) is 10.7. The van der Waals surface area contributed by atoms with Crippen molar-refractivity contribution in [1.82, 2.24) is 0 Å². The third kappa shape index (κ3) is 4.66. The molecule has 0 atom stereocenters. The number of rotatable bonds is 2. The van der Waals surface area contributed by atoms with Gasteiger partial charge in [-0.2, -0.15) is 0 Å². The molecule has 31 heavy (non-hydrogen) atoms. The molecule has 0 aliphatic carbocycles. The average Bonchev–Trinajstić information content (AvgIpc) is 2.74. The van der Waals surface area contributed by atoms with Crippen molar-refractivity contribution in [3.05, 3.63) is 101 Å². The number of hydrogen-bond donors (Lipinski definition) is 0. The van der Waals surface area contributed by atoms with E-state index in [0.29, 0.717) is 27.5 Å². The summed E-state index contributed by atoms with van der Waals surface area (Å²) in [5.74, 6) is -1.08. The number of aliphatic carboxylic acids is 1. The maximum Gasteiger partial charge on any atom is 0.358 e. The predicted octanol–water partition coefficient (Wildman–Crippen LogP) is -0.0628. The smallest absolute Gasteiger partial charge is 0.358 e. The van der Waals surface area contributed by atoms with Gasteiger partial charge in [0, 0.05) is 29.6 Å². The molecule has 0 bridgehead atoms. The minimum atomic E-state index is -1.08. The highest BCUT2D eigenvalue weighted by Gasteiger charge is 2.19. The maximum atomic E-state index is 12.8. The van der Waals surface area contributed by atoms with Crippen molar-refractivity contribution in [3.63, 3.8) is 0 Å². The largest absolute Gasteiger partial charge is 0.550 e. The summed E-state index contributed by atoms with van der Waals surface area (Å²) in [4.78, 5) is 33.1. The Labute approximate surface area is 186 Å². The molecule has 5 rings (SSSR count). The van der Waals surface area contributed by atoms with E-state index in [1.807, 2.05) is 48.5 Å². The fraction of sp³-hybridized carbons (Fsp3) is 0.0417. The number of carboxylic acids is 1. The number of carboxylic acid groups (broad SMARTS) is 1. The van der Waals surface area contributed by atoms with Crippen molar-refractivity contribution in [2.24, 2.45) is 0 Å². The summed E-state index contributed by atoms with van der Waals surface area (Å²) in [6.07, 6.45) is 0. The molecule has 0 unspecified atom stereocenters. The molecule has 0 N–H and O–H groups in total. The summed E-state index contributed by atoms with van der Waals surface area (Å²) >= 11 is -0.530. The molecule has 0 radical (unpaired) electrons. The van der Waals surface area contributed by atoms with Gasteiger partial charge in [0.2, 0.25) is 5.43 Å². The molecule has 2 heterocycles. The first-order chi connectivity index (χ1) is 14.9. The van der Waals surface area contributed by atoms with Crippen molar-refractivity contribution in [1.29, 1.82) is 0 Å². The van der Waals surface area contributed by atoms with Gasteiger partial charge >= 0.3 is 26.8 Å². The second-order valence-corrected chi connectivity index (χ2v) is 9.62. The lowest BCUT2D eigenvalue weighted by molar-refractivity contribution is -0.597. The number of carbonyl (C=O) groups excluding carboxylic acids is 1. The summed E-state index contributed by atoms with van der Waals surface area (Å²) in [6, 6.07) is 22.2. The van der Waals surface area contributed by atoms with Crippen LogP contribution in [0.1, 0.15) is 6.92 Å². The Morgan fingerprint density at radius 2 is 1.42 bits per heavy atom. The molecule has 154 valence electrons. The Morgan fingerprint density at radius 1 is 0.774 bits per heavy atom. The molecular formula is C24H15IO6. The highest BCUT2D eigenvalue weighted by Crippen LogP contribution is 2.17. The van der Waals surface area contributed by atoms with Gasteiger partial charge in [0.15, 0.2) is 7.14 Å². The standard InChI is InChI=1S/C22H12IO4.C2H4O2/c24-21-10-6-13-5-7-15(12-20(13)27-21)23-14-8-9-19-17(11-14)22(25)16-3-1-2-4-18(16)26-19;1-2(3)4/h1-12H;1H3,(H,3,4)/q+1;/p-1. The van der Waals surface area contributed by atoms with E-state index in [4.69, 9.17) is 18.7 Å². The van der Waals surface area contributed by atoms with Crippen molar-refractivity contribution < 1.29 is 39.9 Å².